The van der Waals surface area contributed by atoms with Crippen molar-refractivity contribution in [1.82, 2.24) is 10.2 Å². The molecule has 0 saturated carbocycles. The molecule has 1 aromatic heterocycles. The number of hydrogen-bond donors (Lipinski definition) is 2. The number of aromatic amines is 1. The normalized spacial score (nSPS) is 10.6. The molecule has 0 radical (unpaired) electrons. The fourth-order valence-electron chi connectivity index (χ4n) is 2.60. The van der Waals surface area contributed by atoms with Gasteiger partial charge < -0.3 is 5.32 Å². The Labute approximate surface area is 160 Å². The van der Waals surface area contributed by atoms with Crippen molar-refractivity contribution < 1.29 is 14.0 Å². The Morgan fingerprint density at radius 3 is 2.48 bits per heavy atom. The molecule has 1 amide bonds. The number of Topliss-reactive ketones (excluding diaryl/α,β-unsaturated/α-hetero) is 1. The second kappa shape index (κ2) is 8.60. The maximum absolute atomic E-state index is 12.9. The molecule has 3 aromatic rings. The molecule has 3 rings (SSSR count). The summed E-state index contributed by atoms with van der Waals surface area (Å²) in [5.41, 5.74) is 2.22. The fraction of sp³-hybridized carbons (Fsp3) is 0.150. The number of carbonyl (C=O) groups is 2. The Balaban J connectivity index is 1.58. The molecule has 0 aliphatic carbocycles. The molecule has 7 heteroatoms. The number of rotatable bonds is 7. The van der Waals surface area contributed by atoms with Gasteiger partial charge in [0, 0.05) is 29.1 Å². The van der Waals surface area contributed by atoms with E-state index in [2.05, 4.69) is 15.5 Å². The lowest BCUT2D eigenvalue weighted by atomic mass is 10.0. The monoisotopic (exact) mass is 385 g/mol. The van der Waals surface area contributed by atoms with Crippen molar-refractivity contribution in [3.8, 4) is 0 Å². The SMILES string of the molecule is O=C(CCc1ccc(Cl)cc1)Cc1cn[nH]c1C(=O)Nc1ccc(F)cc1. The number of benzene rings is 2. The van der Waals surface area contributed by atoms with Crippen LogP contribution in [-0.4, -0.2) is 21.9 Å². The minimum absolute atomic E-state index is 0.00202. The summed E-state index contributed by atoms with van der Waals surface area (Å²) >= 11 is 5.85. The molecule has 0 fully saturated rings. The Kier molecular flexibility index (Phi) is 5.98. The number of H-pyrrole nitrogens is 1. The summed E-state index contributed by atoms with van der Waals surface area (Å²) in [7, 11) is 0. The number of amides is 1. The number of ketones is 1. The van der Waals surface area contributed by atoms with Gasteiger partial charge in [-0.2, -0.15) is 5.10 Å². The van der Waals surface area contributed by atoms with Crippen molar-refractivity contribution in [3.63, 3.8) is 0 Å². The lowest BCUT2D eigenvalue weighted by Crippen LogP contribution is -2.16. The summed E-state index contributed by atoms with van der Waals surface area (Å²) in [5, 5.41) is 9.79. The maximum Gasteiger partial charge on any atom is 0.273 e. The van der Waals surface area contributed by atoms with Crippen molar-refractivity contribution >= 4 is 29.0 Å². The maximum atomic E-state index is 12.9. The topological polar surface area (TPSA) is 74.8 Å². The van der Waals surface area contributed by atoms with Crippen LogP contribution in [0.5, 0.6) is 0 Å². The number of anilines is 1. The number of nitrogens with zero attached hydrogens (tertiary/aromatic N) is 1. The van der Waals surface area contributed by atoms with E-state index in [1.54, 1.807) is 12.1 Å². The Bertz CT molecular complexity index is 937. The highest BCUT2D eigenvalue weighted by Gasteiger charge is 2.16. The van der Waals surface area contributed by atoms with Crippen LogP contribution in [0, 0.1) is 5.82 Å². The lowest BCUT2D eigenvalue weighted by molar-refractivity contribution is -0.118. The van der Waals surface area contributed by atoms with E-state index in [0.717, 1.165) is 5.56 Å². The van der Waals surface area contributed by atoms with E-state index in [1.165, 1.54) is 30.5 Å². The number of carbonyl (C=O) groups excluding carboxylic acids is 2. The van der Waals surface area contributed by atoms with Gasteiger partial charge in [-0.05, 0) is 48.4 Å². The highest BCUT2D eigenvalue weighted by Crippen LogP contribution is 2.15. The molecular formula is C20H17ClFN3O2. The zero-order chi connectivity index (χ0) is 19.2. The first-order valence-corrected chi connectivity index (χ1v) is 8.74. The first-order valence-electron chi connectivity index (χ1n) is 8.36. The summed E-state index contributed by atoms with van der Waals surface area (Å²) in [5.74, 6) is -0.816. The molecule has 0 aliphatic heterocycles. The second-order valence-electron chi connectivity index (χ2n) is 6.07. The van der Waals surface area contributed by atoms with Crippen LogP contribution in [0.15, 0.2) is 54.7 Å². The van der Waals surface area contributed by atoms with Crippen molar-refractivity contribution in [2.24, 2.45) is 0 Å². The highest BCUT2D eigenvalue weighted by atomic mass is 35.5. The molecule has 138 valence electrons. The van der Waals surface area contributed by atoms with Crippen LogP contribution in [-0.2, 0) is 17.6 Å². The van der Waals surface area contributed by atoms with Gasteiger partial charge in [0.2, 0.25) is 0 Å². The first-order chi connectivity index (χ1) is 13.0. The molecule has 5 nitrogen and oxygen atoms in total. The fourth-order valence-corrected chi connectivity index (χ4v) is 2.73. The third-order valence-corrected chi connectivity index (χ3v) is 4.29. The van der Waals surface area contributed by atoms with Gasteiger partial charge in [0.15, 0.2) is 0 Å². The molecule has 0 unspecified atom stereocenters. The van der Waals surface area contributed by atoms with E-state index < -0.39 is 5.91 Å². The van der Waals surface area contributed by atoms with Crippen LogP contribution in [0.4, 0.5) is 10.1 Å². The second-order valence-corrected chi connectivity index (χ2v) is 6.51. The zero-order valence-corrected chi connectivity index (χ0v) is 15.1. The summed E-state index contributed by atoms with van der Waals surface area (Å²) in [6.07, 6.45) is 2.53. The third kappa shape index (κ3) is 5.24. The van der Waals surface area contributed by atoms with Crippen LogP contribution >= 0.6 is 11.6 Å². The molecule has 0 atom stereocenters. The summed E-state index contributed by atoms with van der Waals surface area (Å²) in [4.78, 5) is 24.7. The molecule has 0 saturated heterocycles. The van der Waals surface area contributed by atoms with Gasteiger partial charge in [-0.3, -0.25) is 14.7 Å². The van der Waals surface area contributed by atoms with Crippen LogP contribution < -0.4 is 5.32 Å². The molecular weight excluding hydrogens is 369 g/mol. The number of halogens is 2. The minimum Gasteiger partial charge on any atom is -0.321 e. The van der Waals surface area contributed by atoms with Gasteiger partial charge in [0.05, 0.1) is 6.20 Å². The Morgan fingerprint density at radius 1 is 1.07 bits per heavy atom. The van der Waals surface area contributed by atoms with E-state index in [-0.39, 0.29) is 23.7 Å². The van der Waals surface area contributed by atoms with E-state index in [4.69, 9.17) is 11.6 Å². The van der Waals surface area contributed by atoms with Crippen molar-refractivity contribution in [2.45, 2.75) is 19.3 Å². The van der Waals surface area contributed by atoms with Crippen LogP contribution in [0.1, 0.15) is 28.0 Å². The van der Waals surface area contributed by atoms with E-state index in [9.17, 15) is 14.0 Å². The molecule has 1 heterocycles. The number of aromatic nitrogens is 2. The van der Waals surface area contributed by atoms with Crippen LogP contribution in [0.25, 0.3) is 0 Å². The van der Waals surface area contributed by atoms with Crippen molar-refractivity contribution in [3.05, 3.63) is 82.4 Å². The van der Waals surface area contributed by atoms with E-state index >= 15 is 0 Å². The van der Waals surface area contributed by atoms with Gasteiger partial charge in [-0.1, -0.05) is 23.7 Å². The summed E-state index contributed by atoms with van der Waals surface area (Å²) < 4.78 is 12.9. The molecule has 0 spiro atoms. The number of aryl methyl sites for hydroxylation is 1. The smallest absolute Gasteiger partial charge is 0.273 e. The molecule has 27 heavy (non-hydrogen) atoms. The van der Waals surface area contributed by atoms with Crippen molar-refractivity contribution in [2.75, 3.05) is 5.32 Å². The quantitative estimate of drug-likeness (QED) is 0.640. The van der Waals surface area contributed by atoms with Gasteiger partial charge in [-0.25, -0.2) is 4.39 Å². The largest absolute Gasteiger partial charge is 0.321 e. The van der Waals surface area contributed by atoms with Gasteiger partial charge in [0.25, 0.3) is 5.91 Å². The van der Waals surface area contributed by atoms with Gasteiger partial charge in [0.1, 0.15) is 17.3 Å². The molecule has 0 aliphatic rings. The van der Waals surface area contributed by atoms with Crippen molar-refractivity contribution in [1.29, 1.82) is 0 Å². The van der Waals surface area contributed by atoms with Gasteiger partial charge >= 0.3 is 0 Å². The highest BCUT2D eigenvalue weighted by molar-refractivity contribution is 6.30. The Morgan fingerprint density at radius 2 is 1.78 bits per heavy atom. The van der Waals surface area contributed by atoms with Crippen LogP contribution in [0.3, 0.4) is 0 Å². The minimum atomic E-state index is -0.431. The molecule has 2 N–H and O–H groups in total. The van der Waals surface area contributed by atoms with E-state index in [1.807, 2.05) is 12.1 Å². The molecule has 2 aromatic carbocycles. The lowest BCUT2D eigenvalue weighted by Gasteiger charge is -2.06. The molecule has 0 bridgehead atoms. The predicted octanol–water partition coefficient (Wildman–Crippen LogP) is 4.20. The standard InChI is InChI=1S/C20H17ClFN3O2/c21-15-4-1-13(2-5-15)3-10-18(26)11-14-12-23-25-19(14)20(27)24-17-8-6-16(22)7-9-17/h1-2,4-9,12H,3,10-11H2,(H,23,25)(H,24,27). The van der Waals surface area contributed by atoms with E-state index in [0.29, 0.717) is 29.1 Å². The average molecular weight is 386 g/mol. The third-order valence-electron chi connectivity index (χ3n) is 4.04. The summed E-state index contributed by atoms with van der Waals surface area (Å²) in [6, 6.07) is 12.8. The first kappa shape index (κ1) is 18.8. The predicted molar refractivity (Wildman–Crippen MR) is 101 cm³/mol. The zero-order valence-electron chi connectivity index (χ0n) is 14.3. The Hall–Kier alpha value is -2.99. The summed E-state index contributed by atoms with van der Waals surface area (Å²) in [6.45, 7) is 0. The average Bonchev–Trinajstić information content (AvgIpc) is 3.11. The number of nitrogens with one attached hydrogen (secondary N) is 2. The van der Waals surface area contributed by atoms with Gasteiger partial charge in [-0.15, -0.1) is 0 Å². The van der Waals surface area contributed by atoms with Crippen LogP contribution in [0.2, 0.25) is 5.02 Å². The number of hydrogen-bond acceptors (Lipinski definition) is 3.